The van der Waals surface area contributed by atoms with Crippen molar-refractivity contribution >= 4 is 5.76 Å². The summed E-state index contributed by atoms with van der Waals surface area (Å²) in [5.74, 6) is -0.212. The minimum absolute atomic E-state index is 0.0132. The highest BCUT2D eigenvalue weighted by Gasteiger charge is 2.16. The smallest absolute Gasteiger partial charge is 0.177 e. The van der Waals surface area contributed by atoms with Crippen LogP contribution in [0.15, 0.2) is 17.3 Å². The summed E-state index contributed by atoms with van der Waals surface area (Å²) in [7, 11) is 0. The molecule has 0 aliphatic carbocycles. The van der Waals surface area contributed by atoms with E-state index in [0.717, 1.165) is 0 Å². The van der Waals surface area contributed by atoms with Crippen molar-refractivity contribution in [2.45, 2.75) is 6.17 Å². The summed E-state index contributed by atoms with van der Waals surface area (Å²) in [5.41, 5.74) is 0.566. The predicted octanol–water partition coefficient (Wildman–Crippen LogP) is -0.348. The molecule has 0 amide bonds. The van der Waals surface area contributed by atoms with Gasteiger partial charge >= 0.3 is 0 Å². The molecule has 1 atom stereocenters. The topological polar surface area (TPSA) is 48.4 Å². The first-order valence-electron chi connectivity index (χ1n) is 3.34. The van der Waals surface area contributed by atoms with Crippen molar-refractivity contribution in [2.75, 3.05) is 6.54 Å². The second-order valence-corrected chi connectivity index (χ2v) is 2.43. The van der Waals surface area contributed by atoms with Crippen molar-refractivity contribution in [2.24, 2.45) is 4.99 Å². The van der Waals surface area contributed by atoms with Crippen LogP contribution in [0.1, 0.15) is 0 Å². The van der Waals surface area contributed by atoms with Gasteiger partial charge in [0.25, 0.3) is 0 Å². The molecule has 0 fully saturated rings. The van der Waals surface area contributed by atoms with E-state index in [9.17, 15) is 9.50 Å². The van der Waals surface area contributed by atoms with Crippen molar-refractivity contribution in [3.05, 3.63) is 23.0 Å². The van der Waals surface area contributed by atoms with Crippen molar-refractivity contribution < 1.29 is 9.50 Å². The van der Waals surface area contributed by atoms with E-state index in [1.165, 1.54) is 0 Å². The standard InChI is InChI=1S/C7H7FN2O/c8-5-3-10-7-4(6(5)11)1-2-9-7/h1-2,5,11H,3H2,(H,9,10). The van der Waals surface area contributed by atoms with Gasteiger partial charge in [0.2, 0.25) is 0 Å². The number of fused-ring (bicyclic) bond motifs is 1. The van der Waals surface area contributed by atoms with Crippen LogP contribution in [0.2, 0.25) is 0 Å². The first kappa shape index (κ1) is 6.39. The first-order valence-corrected chi connectivity index (χ1v) is 3.34. The van der Waals surface area contributed by atoms with Crippen LogP contribution in [0.5, 0.6) is 0 Å². The number of alkyl halides is 1. The van der Waals surface area contributed by atoms with Gasteiger partial charge in [0, 0.05) is 6.20 Å². The average Bonchev–Trinajstić information content (AvgIpc) is 2.45. The molecule has 0 radical (unpaired) electrons. The Balaban J connectivity index is 2.82. The lowest BCUT2D eigenvalue weighted by Gasteiger charge is -2.06. The zero-order valence-corrected chi connectivity index (χ0v) is 5.71. The van der Waals surface area contributed by atoms with Crippen LogP contribution < -0.4 is 10.7 Å². The van der Waals surface area contributed by atoms with Gasteiger partial charge in [0.1, 0.15) is 11.2 Å². The Kier molecular flexibility index (Phi) is 1.21. The monoisotopic (exact) mass is 154 g/mol. The quantitative estimate of drug-likeness (QED) is 0.527. The molecule has 1 aromatic heterocycles. The van der Waals surface area contributed by atoms with Gasteiger partial charge in [-0.25, -0.2) is 4.39 Å². The summed E-state index contributed by atoms with van der Waals surface area (Å²) in [5, 5.41) is 9.66. The van der Waals surface area contributed by atoms with E-state index in [1.54, 1.807) is 12.3 Å². The number of H-pyrrole nitrogens is 1. The molecule has 1 aliphatic rings. The number of nitrogens with zero attached hydrogens (tertiary/aromatic N) is 1. The molecule has 0 saturated carbocycles. The number of halogens is 1. The van der Waals surface area contributed by atoms with Crippen LogP contribution in [-0.4, -0.2) is 22.8 Å². The SMILES string of the molecule is OC1=c2cc[nH]c2=NCC1F. The highest BCUT2D eigenvalue weighted by Crippen LogP contribution is 2.03. The second kappa shape index (κ2) is 2.08. The normalized spacial score (nSPS) is 22.6. The predicted molar refractivity (Wildman–Crippen MR) is 37.4 cm³/mol. The fraction of sp³-hybridized carbons (Fsp3) is 0.286. The van der Waals surface area contributed by atoms with Gasteiger partial charge in [0.15, 0.2) is 6.17 Å². The fourth-order valence-electron chi connectivity index (χ4n) is 1.12. The fourth-order valence-corrected chi connectivity index (χ4v) is 1.12. The summed E-state index contributed by atoms with van der Waals surface area (Å²) in [6.45, 7) is 0.0132. The Morgan fingerprint density at radius 3 is 3.36 bits per heavy atom. The van der Waals surface area contributed by atoms with E-state index < -0.39 is 6.17 Å². The maximum absolute atomic E-state index is 12.7. The third kappa shape index (κ3) is 0.824. The summed E-state index contributed by atoms with van der Waals surface area (Å²) >= 11 is 0. The highest BCUT2D eigenvalue weighted by atomic mass is 19.1. The number of aromatic nitrogens is 1. The number of nitrogens with one attached hydrogen (secondary N) is 1. The van der Waals surface area contributed by atoms with Gasteiger partial charge in [-0.2, -0.15) is 0 Å². The van der Waals surface area contributed by atoms with E-state index in [2.05, 4.69) is 9.98 Å². The zero-order chi connectivity index (χ0) is 7.84. The van der Waals surface area contributed by atoms with Gasteiger partial charge in [-0.1, -0.05) is 0 Å². The number of aliphatic hydroxyl groups excluding tert-OH is 1. The molecule has 4 heteroatoms. The molecule has 0 bridgehead atoms. The lowest BCUT2D eigenvalue weighted by atomic mass is 10.2. The van der Waals surface area contributed by atoms with Crippen LogP contribution >= 0.6 is 0 Å². The Bertz CT molecular complexity index is 381. The summed E-state index contributed by atoms with van der Waals surface area (Å²) in [4.78, 5) is 6.67. The summed E-state index contributed by atoms with van der Waals surface area (Å²) < 4.78 is 12.7. The van der Waals surface area contributed by atoms with Crippen LogP contribution in [0, 0.1) is 0 Å². The molecule has 3 nitrogen and oxygen atoms in total. The molecule has 1 aliphatic heterocycles. The third-order valence-electron chi connectivity index (χ3n) is 1.71. The largest absolute Gasteiger partial charge is 0.508 e. The van der Waals surface area contributed by atoms with Crippen LogP contribution in [0.25, 0.3) is 5.76 Å². The van der Waals surface area contributed by atoms with Gasteiger partial charge < -0.3 is 10.1 Å². The first-order chi connectivity index (χ1) is 5.29. The molecule has 0 saturated heterocycles. The van der Waals surface area contributed by atoms with Crippen LogP contribution in [0.4, 0.5) is 4.39 Å². The van der Waals surface area contributed by atoms with Crippen molar-refractivity contribution in [1.82, 2.24) is 4.98 Å². The van der Waals surface area contributed by atoms with Gasteiger partial charge in [0.05, 0.1) is 11.8 Å². The van der Waals surface area contributed by atoms with Crippen molar-refractivity contribution in [1.29, 1.82) is 0 Å². The molecule has 58 valence electrons. The van der Waals surface area contributed by atoms with E-state index in [1.807, 2.05) is 0 Å². The summed E-state index contributed by atoms with van der Waals surface area (Å²) in [6, 6.07) is 1.61. The number of aromatic amines is 1. The van der Waals surface area contributed by atoms with E-state index in [4.69, 9.17) is 0 Å². The van der Waals surface area contributed by atoms with Crippen molar-refractivity contribution in [3.8, 4) is 0 Å². The molecule has 2 N–H and O–H groups in total. The van der Waals surface area contributed by atoms with E-state index in [-0.39, 0.29) is 12.3 Å². The lowest BCUT2D eigenvalue weighted by Crippen LogP contribution is -2.34. The van der Waals surface area contributed by atoms with Gasteiger partial charge in [-0.3, -0.25) is 4.99 Å². The average molecular weight is 154 g/mol. The van der Waals surface area contributed by atoms with E-state index in [0.29, 0.717) is 10.7 Å². The second-order valence-electron chi connectivity index (χ2n) is 2.43. The number of hydrogen-bond acceptors (Lipinski definition) is 2. The molecular formula is C7H7FN2O. The molecule has 2 heterocycles. The minimum Gasteiger partial charge on any atom is -0.508 e. The Labute approximate surface area is 61.9 Å². The van der Waals surface area contributed by atoms with E-state index >= 15 is 0 Å². The molecule has 1 aromatic rings. The number of hydrogen-bond donors (Lipinski definition) is 2. The number of rotatable bonds is 0. The molecule has 2 rings (SSSR count). The molecular weight excluding hydrogens is 147 g/mol. The molecule has 0 aromatic carbocycles. The van der Waals surface area contributed by atoms with Gasteiger partial charge in [-0.05, 0) is 6.07 Å². The number of aliphatic hydroxyl groups is 1. The Morgan fingerprint density at radius 1 is 1.73 bits per heavy atom. The molecule has 11 heavy (non-hydrogen) atoms. The maximum atomic E-state index is 12.7. The molecule has 1 unspecified atom stereocenters. The Morgan fingerprint density at radius 2 is 2.55 bits per heavy atom. The highest BCUT2D eigenvalue weighted by molar-refractivity contribution is 5.40. The third-order valence-corrected chi connectivity index (χ3v) is 1.71. The Hall–Kier alpha value is -1.32. The lowest BCUT2D eigenvalue weighted by molar-refractivity contribution is 0.327. The van der Waals surface area contributed by atoms with Gasteiger partial charge in [-0.15, -0.1) is 0 Å². The van der Waals surface area contributed by atoms with Crippen molar-refractivity contribution in [3.63, 3.8) is 0 Å². The maximum Gasteiger partial charge on any atom is 0.177 e. The zero-order valence-electron chi connectivity index (χ0n) is 5.71. The summed E-state index contributed by atoms with van der Waals surface area (Å²) in [6.07, 6.45) is 0.292. The van der Waals surface area contributed by atoms with Crippen LogP contribution in [0.3, 0.4) is 0 Å². The minimum atomic E-state index is -1.33. The van der Waals surface area contributed by atoms with Crippen LogP contribution in [-0.2, 0) is 0 Å². The molecule has 0 spiro atoms.